The lowest BCUT2D eigenvalue weighted by atomic mass is 10.2. The highest BCUT2D eigenvalue weighted by molar-refractivity contribution is 5.76. The first kappa shape index (κ1) is 19.6. The third kappa shape index (κ3) is 3.63. The van der Waals surface area contributed by atoms with Crippen LogP contribution in [0.3, 0.4) is 0 Å². The van der Waals surface area contributed by atoms with E-state index in [1.807, 2.05) is 48.5 Å². The number of carbonyl (C=O) groups is 1. The highest BCUT2D eigenvalue weighted by atomic mass is 16.5. The lowest BCUT2D eigenvalue weighted by Gasteiger charge is -2.13. The van der Waals surface area contributed by atoms with Crippen LogP contribution in [-0.2, 0) is 17.8 Å². The molecule has 0 bridgehead atoms. The van der Waals surface area contributed by atoms with Gasteiger partial charge in [0.05, 0.1) is 31.1 Å². The number of aromatic nitrogens is 5. The predicted molar refractivity (Wildman–Crippen MR) is 114 cm³/mol. The molecule has 0 aliphatic carbocycles. The van der Waals surface area contributed by atoms with Crippen LogP contribution in [0.1, 0.15) is 37.2 Å². The van der Waals surface area contributed by atoms with Crippen molar-refractivity contribution in [3.8, 4) is 11.4 Å². The molecular weight excluding hydrogens is 380 g/mol. The van der Waals surface area contributed by atoms with Gasteiger partial charge in [-0.2, -0.15) is 5.10 Å². The van der Waals surface area contributed by atoms with E-state index in [0.717, 1.165) is 22.5 Å². The Morgan fingerprint density at radius 3 is 2.57 bits per heavy atom. The standard InChI is InChI=1S/C22H24N6O2/c1-14(2)22-24-15-8-4-5-9-16(15)27(22)13-21-25-20(12-19(23)29)26-28(21)17-10-6-7-11-18(17)30-3/h4-11,14H,12-13H2,1-3H3,(H2,23,29). The van der Waals surface area contributed by atoms with E-state index in [-0.39, 0.29) is 12.3 Å². The number of nitrogens with zero attached hydrogens (tertiary/aromatic N) is 5. The van der Waals surface area contributed by atoms with Gasteiger partial charge in [0.1, 0.15) is 17.3 Å². The van der Waals surface area contributed by atoms with Crippen molar-refractivity contribution in [2.24, 2.45) is 5.73 Å². The van der Waals surface area contributed by atoms with Crippen molar-refractivity contribution in [2.75, 3.05) is 7.11 Å². The van der Waals surface area contributed by atoms with Crippen LogP contribution < -0.4 is 10.5 Å². The van der Waals surface area contributed by atoms with Gasteiger partial charge in [0.15, 0.2) is 11.6 Å². The monoisotopic (exact) mass is 404 g/mol. The number of primary amides is 1. The molecule has 1 amide bonds. The molecule has 154 valence electrons. The van der Waals surface area contributed by atoms with E-state index in [0.29, 0.717) is 23.9 Å². The third-order valence-corrected chi connectivity index (χ3v) is 4.86. The summed E-state index contributed by atoms with van der Waals surface area (Å²) in [6, 6.07) is 15.6. The second kappa shape index (κ2) is 7.98. The first-order valence-electron chi connectivity index (χ1n) is 9.79. The summed E-state index contributed by atoms with van der Waals surface area (Å²) in [6.45, 7) is 4.67. The van der Waals surface area contributed by atoms with Crippen LogP contribution in [0.15, 0.2) is 48.5 Å². The van der Waals surface area contributed by atoms with Gasteiger partial charge in [-0.1, -0.05) is 38.1 Å². The van der Waals surface area contributed by atoms with Gasteiger partial charge in [0.25, 0.3) is 0 Å². The molecule has 0 saturated heterocycles. The van der Waals surface area contributed by atoms with Crippen LogP contribution in [0.5, 0.6) is 5.75 Å². The first-order valence-corrected chi connectivity index (χ1v) is 9.79. The number of imidazole rings is 1. The lowest BCUT2D eigenvalue weighted by molar-refractivity contribution is -0.117. The molecule has 0 saturated carbocycles. The SMILES string of the molecule is COc1ccccc1-n1nc(CC(N)=O)nc1Cn1c(C(C)C)nc2ccccc21. The van der Waals surface area contributed by atoms with Crippen LogP contribution >= 0.6 is 0 Å². The molecule has 0 aliphatic rings. The molecule has 2 aromatic heterocycles. The number of methoxy groups -OCH3 is 1. The van der Waals surface area contributed by atoms with Crippen LogP contribution in [0.25, 0.3) is 16.7 Å². The maximum Gasteiger partial charge on any atom is 0.225 e. The molecule has 0 spiro atoms. The fourth-order valence-electron chi connectivity index (χ4n) is 3.57. The summed E-state index contributed by atoms with van der Waals surface area (Å²) >= 11 is 0. The Labute approximate surface area is 174 Å². The maximum atomic E-state index is 11.5. The molecule has 8 heteroatoms. The van der Waals surface area contributed by atoms with Gasteiger partial charge in [-0.15, -0.1) is 0 Å². The summed E-state index contributed by atoms with van der Waals surface area (Å²) in [5.74, 6) is 2.41. The number of hydrogen-bond donors (Lipinski definition) is 1. The molecule has 0 aliphatic heterocycles. The molecule has 0 radical (unpaired) electrons. The molecule has 4 aromatic rings. The maximum absolute atomic E-state index is 11.5. The van der Waals surface area contributed by atoms with E-state index >= 15 is 0 Å². The number of para-hydroxylation sites is 4. The number of ether oxygens (including phenoxy) is 1. The van der Waals surface area contributed by atoms with Gasteiger partial charge >= 0.3 is 0 Å². The Kier molecular flexibility index (Phi) is 5.22. The van der Waals surface area contributed by atoms with Crippen molar-refractivity contribution in [1.82, 2.24) is 24.3 Å². The summed E-state index contributed by atoms with van der Waals surface area (Å²) in [6.07, 6.45) is -0.0309. The Hall–Kier alpha value is -3.68. The van der Waals surface area contributed by atoms with Crippen molar-refractivity contribution >= 4 is 16.9 Å². The van der Waals surface area contributed by atoms with Crippen molar-refractivity contribution in [1.29, 1.82) is 0 Å². The van der Waals surface area contributed by atoms with Crippen LogP contribution in [-0.4, -0.2) is 37.3 Å². The highest BCUT2D eigenvalue weighted by Gasteiger charge is 2.20. The number of amides is 1. The van der Waals surface area contributed by atoms with E-state index in [1.165, 1.54) is 0 Å². The van der Waals surface area contributed by atoms with E-state index in [1.54, 1.807) is 11.8 Å². The van der Waals surface area contributed by atoms with Crippen molar-refractivity contribution in [3.63, 3.8) is 0 Å². The zero-order valence-corrected chi connectivity index (χ0v) is 17.2. The van der Waals surface area contributed by atoms with Crippen molar-refractivity contribution < 1.29 is 9.53 Å². The largest absolute Gasteiger partial charge is 0.494 e. The van der Waals surface area contributed by atoms with Gasteiger partial charge in [-0.3, -0.25) is 4.79 Å². The van der Waals surface area contributed by atoms with Crippen molar-refractivity contribution in [2.45, 2.75) is 32.7 Å². The summed E-state index contributed by atoms with van der Waals surface area (Å²) in [7, 11) is 1.61. The minimum absolute atomic E-state index is 0.0309. The Balaban J connectivity index is 1.87. The second-order valence-electron chi connectivity index (χ2n) is 7.37. The number of nitrogens with two attached hydrogens (primary N) is 1. The van der Waals surface area contributed by atoms with E-state index in [2.05, 4.69) is 28.5 Å². The number of hydrogen-bond acceptors (Lipinski definition) is 5. The second-order valence-corrected chi connectivity index (χ2v) is 7.37. The summed E-state index contributed by atoms with van der Waals surface area (Å²) < 4.78 is 9.37. The zero-order valence-electron chi connectivity index (χ0n) is 17.2. The normalized spacial score (nSPS) is 11.3. The molecule has 0 fully saturated rings. The van der Waals surface area contributed by atoms with Gasteiger partial charge < -0.3 is 15.0 Å². The van der Waals surface area contributed by atoms with Crippen LogP contribution in [0.2, 0.25) is 0 Å². The van der Waals surface area contributed by atoms with E-state index in [4.69, 9.17) is 15.5 Å². The zero-order chi connectivity index (χ0) is 21.3. The van der Waals surface area contributed by atoms with Gasteiger partial charge in [0, 0.05) is 5.92 Å². The van der Waals surface area contributed by atoms with Crippen LogP contribution in [0, 0.1) is 0 Å². The minimum Gasteiger partial charge on any atom is -0.494 e. The smallest absolute Gasteiger partial charge is 0.225 e. The molecule has 30 heavy (non-hydrogen) atoms. The van der Waals surface area contributed by atoms with E-state index in [9.17, 15) is 4.79 Å². The minimum atomic E-state index is -0.477. The average molecular weight is 404 g/mol. The fraction of sp³-hybridized carbons (Fsp3) is 0.273. The predicted octanol–water partition coefficient (Wildman–Crippen LogP) is 2.83. The Morgan fingerprint density at radius 1 is 1.10 bits per heavy atom. The van der Waals surface area contributed by atoms with Crippen LogP contribution in [0.4, 0.5) is 0 Å². The summed E-state index contributed by atoms with van der Waals surface area (Å²) in [5.41, 5.74) is 8.08. The lowest BCUT2D eigenvalue weighted by Crippen LogP contribution is -2.14. The first-order chi connectivity index (χ1) is 14.5. The molecule has 2 N–H and O–H groups in total. The number of fused-ring (bicyclic) bond motifs is 1. The van der Waals surface area contributed by atoms with Gasteiger partial charge in [0.2, 0.25) is 5.91 Å². The summed E-state index contributed by atoms with van der Waals surface area (Å²) in [4.78, 5) is 20.9. The van der Waals surface area contributed by atoms with Gasteiger partial charge in [-0.05, 0) is 24.3 Å². The topological polar surface area (TPSA) is 101 Å². The molecule has 8 nitrogen and oxygen atoms in total. The quantitative estimate of drug-likeness (QED) is 0.510. The number of carbonyl (C=O) groups excluding carboxylic acids is 1. The Bertz CT molecular complexity index is 1210. The van der Waals surface area contributed by atoms with Crippen molar-refractivity contribution in [3.05, 3.63) is 66.0 Å². The van der Waals surface area contributed by atoms with Gasteiger partial charge in [-0.25, -0.2) is 14.6 Å². The Morgan fingerprint density at radius 2 is 1.83 bits per heavy atom. The summed E-state index contributed by atoms with van der Waals surface area (Å²) in [5, 5.41) is 4.56. The highest BCUT2D eigenvalue weighted by Crippen LogP contribution is 2.26. The molecule has 2 aromatic carbocycles. The number of rotatable bonds is 7. The molecule has 4 rings (SSSR count). The fourth-order valence-corrected chi connectivity index (χ4v) is 3.57. The third-order valence-electron chi connectivity index (χ3n) is 4.86. The molecular formula is C22H24N6O2. The molecule has 0 atom stereocenters. The molecule has 2 heterocycles. The number of benzene rings is 2. The average Bonchev–Trinajstić information content (AvgIpc) is 3.29. The molecule has 0 unspecified atom stereocenters. The van der Waals surface area contributed by atoms with E-state index < -0.39 is 5.91 Å².